The van der Waals surface area contributed by atoms with Crippen LogP contribution in [0.2, 0.25) is 5.02 Å². The molecule has 1 aliphatic heterocycles. The van der Waals surface area contributed by atoms with E-state index in [2.05, 4.69) is 9.84 Å². The molecule has 25 heavy (non-hydrogen) atoms. The number of aromatic nitrogens is 2. The molecule has 13 heteroatoms. The fourth-order valence-corrected chi connectivity index (χ4v) is 3.00. The molecule has 0 atom stereocenters. The second kappa shape index (κ2) is 5.42. The van der Waals surface area contributed by atoms with Gasteiger partial charge in [-0.1, -0.05) is 11.6 Å². The summed E-state index contributed by atoms with van der Waals surface area (Å²) in [6.45, 7) is 0. The van der Waals surface area contributed by atoms with E-state index in [1.165, 1.54) is 0 Å². The molecule has 4 nitrogen and oxygen atoms in total. The smallest absolute Gasteiger partial charge is 0.383 e. The Morgan fingerprint density at radius 1 is 1.12 bits per heavy atom. The molecule has 0 amide bonds. The molecule has 136 valence electrons. The summed E-state index contributed by atoms with van der Waals surface area (Å²) in [5.74, 6) is -0.543. The minimum Gasteiger partial charge on any atom is -0.383 e. The predicted octanol–water partition coefficient (Wildman–Crippen LogP) is 4.85. The van der Waals surface area contributed by atoms with E-state index in [0.29, 0.717) is 16.8 Å². The number of anilines is 1. The van der Waals surface area contributed by atoms with Gasteiger partial charge in [0.2, 0.25) is 0 Å². The van der Waals surface area contributed by atoms with Crippen molar-refractivity contribution < 1.29 is 35.5 Å². The van der Waals surface area contributed by atoms with Crippen molar-refractivity contribution in [3.63, 3.8) is 0 Å². The summed E-state index contributed by atoms with van der Waals surface area (Å²) in [5, 5.41) is 3.08. The van der Waals surface area contributed by atoms with Crippen molar-refractivity contribution in [3.8, 4) is 5.69 Å². The van der Waals surface area contributed by atoms with Crippen molar-refractivity contribution >= 4 is 29.2 Å². The summed E-state index contributed by atoms with van der Waals surface area (Å²) in [7, 11) is 0. The number of nitrogens with two attached hydrogens (primary N) is 1. The van der Waals surface area contributed by atoms with Crippen molar-refractivity contribution in [2.45, 2.75) is 22.6 Å². The van der Waals surface area contributed by atoms with E-state index in [4.69, 9.17) is 17.3 Å². The lowest BCUT2D eigenvalue weighted by molar-refractivity contribution is -0.369. The Labute approximate surface area is 143 Å². The standard InChI is InChI=1S/C12H5ClF7N3OS/c13-6-1-4-5(11(16,17)24-10(4,14)15)2-7(6)23-9(21)8(3-22-23)25-12(18,19)20/h1-3H,21H2. The van der Waals surface area contributed by atoms with Crippen LogP contribution >= 0.6 is 23.4 Å². The summed E-state index contributed by atoms with van der Waals surface area (Å²) >= 11 is 5.23. The third-order valence-corrected chi connectivity index (χ3v) is 4.26. The summed E-state index contributed by atoms with van der Waals surface area (Å²) in [6, 6.07) is 1.08. The average Bonchev–Trinajstić information content (AvgIpc) is 2.84. The summed E-state index contributed by atoms with van der Waals surface area (Å²) in [5.41, 5.74) is -1.86. The second-order valence-corrected chi connectivity index (χ2v) is 6.35. The van der Waals surface area contributed by atoms with Gasteiger partial charge in [-0.3, -0.25) is 0 Å². The Balaban J connectivity index is 2.12. The number of ether oxygens (including phenoxy) is 1. The fraction of sp³-hybridized carbons (Fsp3) is 0.250. The normalized spacial score (nSPS) is 18.4. The molecule has 1 aromatic heterocycles. The average molecular weight is 408 g/mol. The van der Waals surface area contributed by atoms with Gasteiger partial charge in [0.25, 0.3) is 0 Å². The minimum atomic E-state index is -4.66. The number of nitrogen functional groups attached to an aromatic ring is 1. The summed E-state index contributed by atoms with van der Waals surface area (Å²) < 4.78 is 95.5. The zero-order valence-electron chi connectivity index (χ0n) is 11.5. The van der Waals surface area contributed by atoms with Gasteiger partial charge in [-0.2, -0.15) is 35.8 Å². The molecular formula is C12H5ClF7N3OS. The summed E-state index contributed by atoms with van der Waals surface area (Å²) in [6.07, 6.45) is -7.84. The summed E-state index contributed by atoms with van der Waals surface area (Å²) in [4.78, 5) is -0.502. The Morgan fingerprint density at radius 2 is 1.68 bits per heavy atom. The molecule has 2 aromatic rings. The van der Waals surface area contributed by atoms with E-state index in [-0.39, 0.29) is 0 Å². The highest BCUT2D eigenvalue weighted by Gasteiger charge is 2.57. The highest BCUT2D eigenvalue weighted by atomic mass is 35.5. The maximum Gasteiger partial charge on any atom is 0.446 e. The SMILES string of the molecule is Nc1c(SC(F)(F)F)cnn1-c1cc2c(cc1Cl)C(F)(F)OC2(F)F. The molecule has 0 saturated carbocycles. The van der Waals surface area contributed by atoms with Gasteiger partial charge in [0.1, 0.15) is 5.82 Å². The van der Waals surface area contributed by atoms with E-state index in [9.17, 15) is 30.7 Å². The molecule has 2 heterocycles. The second-order valence-electron chi connectivity index (χ2n) is 4.84. The number of hydrogen-bond donors (Lipinski definition) is 1. The molecule has 1 aliphatic rings. The number of halogens is 8. The van der Waals surface area contributed by atoms with Crippen LogP contribution in [0.25, 0.3) is 5.69 Å². The van der Waals surface area contributed by atoms with Crippen LogP contribution in [-0.2, 0) is 17.0 Å². The van der Waals surface area contributed by atoms with Crippen LogP contribution in [0.1, 0.15) is 11.1 Å². The maximum atomic E-state index is 13.6. The number of rotatable bonds is 2. The Kier molecular flexibility index (Phi) is 3.93. The zero-order valence-corrected chi connectivity index (χ0v) is 13.1. The van der Waals surface area contributed by atoms with Gasteiger partial charge in [0.05, 0.1) is 32.9 Å². The van der Waals surface area contributed by atoms with E-state index in [0.717, 1.165) is 6.20 Å². The molecule has 0 aliphatic carbocycles. The lowest BCUT2D eigenvalue weighted by atomic mass is 10.1. The van der Waals surface area contributed by atoms with Crippen molar-refractivity contribution in [2.75, 3.05) is 5.73 Å². The molecule has 0 spiro atoms. The third kappa shape index (κ3) is 3.13. The number of benzene rings is 1. The van der Waals surface area contributed by atoms with Gasteiger partial charge < -0.3 is 5.73 Å². The topological polar surface area (TPSA) is 53.1 Å². The number of nitrogens with zero attached hydrogens (tertiary/aromatic N) is 2. The Morgan fingerprint density at radius 3 is 2.24 bits per heavy atom. The monoisotopic (exact) mass is 407 g/mol. The first-order valence-corrected chi connectivity index (χ1v) is 7.41. The molecule has 2 N–H and O–H groups in total. The molecule has 0 unspecified atom stereocenters. The van der Waals surface area contributed by atoms with Crippen LogP contribution in [0.4, 0.5) is 36.6 Å². The van der Waals surface area contributed by atoms with Gasteiger partial charge in [-0.15, -0.1) is 0 Å². The largest absolute Gasteiger partial charge is 0.446 e. The number of fused-ring (bicyclic) bond motifs is 1. The first kappa shape index (κ1) is 18.1. The lowest BCUT2D eigenvalue weighted by Gasteiger charge is -2.12. The van der Waals surface area contributed by atoms with Crippen LogP contribution in [0.15, 0.2) is 23.2 Å². The number of hydrogen-bond acceptors (Lipinski definition) is 4. The van der Waals surface area contributed by atoms with Gasteiger partial charge in [-0.05, 0) is 23.9 Å². The highest BCUT2D eigenvalue weighted by molar-refractivity contribution is 8.00. The van der Waals surface area contributed by atoms with E-state index < -0.39 is 62.0 Å². The maximum absolute atomic E-state index is 13.6. The fourth-order valence-electron chi connectivity index (χ4n) is 2.21. The van der Waals surface area contributed by atoms with Crippen LogP contribution in [-0.4, -0.2) is 15.3 Å². The number of thioether (sulfide) groups is 1. The van der Waals surface area contributed by atoms with Crippen molar-refractivity contribution in [3.05, 3.63) is 34.5 Å². The Hall–Kier alpha value is -1.66. The molecular weight excluding hydrogens is 403 g/mol. The molecule has 0 saturated heterocycles. The predicted molar refractivity (Wildman–Crippen MR) is 73.8 cm³/mol. The van der Waals surface area contributed by atoms with Crippen molar-refractivity contribution in [1.29, 1.82) is 0 Å². The quantitative estimate of drug-likeness (QED) is 0.571. The van der Waals surface area contributed by atoms with Crippen LogP contribution in [0.5, 0.6) is 0 Å². The lowest BCUT2D eigenvalue weighted by Crippen LogP contribution is -2.17. The first-order chi connectivity index (χ1) is 11.3. The van der Waals surface area contributed by atoms with E-state index >= 15 is 0 Å². The highest BCUT2D eigenvalue weighted by Crippen LogP contribution is 2.52. The van der Waals surface area contributed by atoms with Crippen molar-refractivity contribution in [2.24, 2.45) is 0 Å². The molecule has 0 bridgehead atoms. The Bertz CT molecular complexity index is 852. The van der Waals surface area contributed by atoms with Crippen molar-refractivity contribution in [1.82, 2.24) is 9.78 Å². The zero-order chi connectivity index (χ0) is 18.8. The molecule has 1 aromatic carbocycles. The van der Waals surface area contributed by atoms with Gasteiger partial charge in [-0.25, -0.2) is 9.42 Å². The van der Waals surface area contributed by atoms with Crippen LogP contribution < -0.4 is 5.73 Å². The van der Waals surface area contributed by atoms with Gasteiger partial charge in [0, 0.05) is 0 Å². The van der Waals surface area contributed by atoms with E-state index in [1.807, 2.05) is 0 Å². The van der Waals surface area contributed by atoms with Crippen LogP contribution in [0.3, 0.4) is 0 Å². The molecule has 0 radical (unpaired) electrons. The minimum absolute atomic E-state index is 0.395. The molecule has 3 rings (SSSR count). The third-order valence-electron chi connectivity index (χ3n) is 3.20. The number of alkyl halides is 7. The van der Waals surface area contributed by atoms with E-state index in [1.54, 1.807) is 0 Å². The van der Waals surface area contributed by atoms with Gasteiger partial charge >= 0.3 is 17.7 Å². The molecule has 0 fully saturated rings. The first-order valence-electron chi connectivity index (χ1n) is 6.22. The van der Waals surface area contributed by atoms with Gasteiger partial charge in [0.15, 0.2) is 0 Å². The van der Waals surface area contributed by atoms with Crippen LogP contribution in [0, 0.1) is 0 Å².